The van der Waals surface area contributed by atoms with Gasteiger partial charge in [-0.1, -0.05) is 0 Å². The van der Waals surface area contributed by atoms with E-state index >= 15 is 0 Å². The van der Waals surface area contributed by atoms with Crippen LogP contribution >= 0.6 is 22.6 Å². The standard InChI is InChI=1S/C22H20IN3O4/c1-13-29-22(30-13)19-18-11-12-25(15-5-3-14(23)4-6-15)21(27)20(18)26(24-19)16-7-9-17(28-2)10-8-16/h3-10,13,22H,11-12H2,1-2H3. The summed E-state index contributed by atoms with van der Waals surface area (Å²) < 4.78 is 19.5. The molecule has 0 atom stereocenters. The molecule has 0 saturated carbocycles. The molecule has 7 nitrogen and oxygen atoms in total. The number of halogens is 1. The Morgan fingerprint density at radius 3 is 2.37 bits per heavy atom. The maximum atomic E-state index is 13.6. The molecule has 0 radical (unpaired) electrons. The zero-order valence-electron chi connectivity index (χ0n) is 16.5. The lowest BCUT2D eigenvalue weighted by molar-refractivity contribution is -0.384. The van der Waals surface area contributed by atoms with Gasteiger partial charge in [-0.05, 0) is 84.5 Å². The molecule has 0 spiro atoms. The molecular formula is C22H20IN3O4. The Hall–Kier alpha value is -2.43. The summed E-state index contributed by atoms with van der Waals surface area (Å²) in [5.41, 5.74) is 3.76. The van der Waals surface area contributed by atoms with Crippen LogP contribution in [-0.4, -0.2) is 35.6 Å². The number of rotatable bonds is 4. The fraction of sp³-hybridized carbons (Fsp3) is 0.273. The molecule has 154 valence electrons. The Kier molecular flexibility index (Phi) is 5.00. The van der Waals surface area contributed by atoms with Crippen LogP contribution in [0, 0.1) is 3.57 Å². The molecule has 5 rings (SSSR count). The average molecular weight is 517 g/mol. The predicted octanol–water partition coefficient (Wildman–Crippen LogP) is 4.08. The maximum absolute atomic E-state index is 13.6. The molecular weight excluding hydrogens is 497 g/mol. The summed E-state index contributed by atoms with van der Waals surface area (Å²) in [6.45, 7) is 2.42. The van der Waals surface area contributed by atoms with Crippen LogP contribution in [-0.2, 0) is 15.9 Å². The van der Waals surface area contributed by atoms with Gasteiger partial charge >= 0.3 is 0 Å². The zero-order valence-corrected chi connectivity index (χ0v) is 18.7. The molecule has 1 amide bonds. The summed E-state index contributed by atoms with van der Waals surface area (Å²) in [6, 6.07) is 15.4. The van der Waals surface area contributed by atoms with Gasteiger partial charge in [0.2, 0.25) is 6.29 Å². The van der Waals surface area contributed by atoms with Crippen molar-refractivity contribution >= 4 is 34.2 Å². The van der Waals surface area contributed by atoms with Crippen LogP contribution in [0.25, 0.3) is 5.69 Å². The molecule has 2 aliphatic rings. The topological polar surface area (TPSA) is 65.8 Å². The number of amides is 1. The number of fused-ring (bicyclic) bond motifs is 1. The largest absolute Gasteiger partial charge is 0.497 e. The fourth-order valence-corrected chi connectivity index (χ4v) is 4.20. The Morgan fingerprint density at radius 1 is 1.07 bits per heavy atom. The highest BCUT2D eigenvalue weighted by molar-refractivity contribution is 14.1. The molecule has 0 N–H and O–H groups in total. The second-order valence-electron chi connectivity index (χ2n) is 7.18. The van der Waals surface area contributed by atoms with E-state index in [2.05, 4.69) is 22.6 Å². The smallest absolute Gasteiger partial charge is 0.277 e. The van der Waals surface area contributed by atoms with Crippen molar-refractivity contribution in [1.29, 1.82) is 0 Å². The number of methoxy groups -OCH3 is 1. The third-order valence-electron chi connectivity index (χ3n) is 5.36. The van der Waals surface area contributed by atoms with Crippen LogP contribution in [0.5, 0.6) is 5.75 Å². The van der Waals surface area contributed by atoms with E-state index in [1.165, 1.54) is 0 Å². The van der Waals surface area contributed by atoms with Gasteiger partial charge in [0.1, 0.15) is 17.1 Å². The van der Waals surface area contributed by atoms with Gasteiger partial charge in [0.15, 0.2) is 6.29 Å². The van der Waals surface area contributed by atoms with Crippen molar-refractivity contribution in [1.82, 2.24) is 9.78 Å². The Balaban J connectivity index is 1.59. The summed E-state index contributed by atoms with van der Waals surface area (Å²) >= 11 is 2.26. The minimum Gasteiger partial charge on any atom is -0.497 e. The SMILES string of the molecule is COc1ccc(-n2nc(C3OC(C)O3)c3c2C(=O)N(c2ccc(I)cc2)CC3)cc1. The van der Waals surface area contributed by atoms with E-state index in [0.29, 0.717) is 24.4 Å². The second-order valence-corrected chi connectivity index (χ2v) is 8.42. The fourth-order valence-electron chi connectivity index (χ4n) is 3.84. The number of hydrogen-bond donors (Lipinski definition) is 0. The van der Waals surface area contributed by atoms with E-state index < -0.39 is 6.29 Å². The van der Waals surface area contributed by atoms with E-state index in [9.17, 15) is 4.79 Å². The quantitative estimate of drug-likeness (QED) is 0.489. The number of aromatic nitrogens is 2. The van der Waals surface area contributed by atoms with Crippen LogP contribution in [0.1, 0.15) is 35.0 Å². The third kappa shape index (κ3) is 3.28. The van der Waals surface area contributed by atoms with E-state index in [1.807, 2.05) is 55.5 Å². The predicted molar refractivity (Wildman–Crippen MR) is 119 cm³/mol. The molecule has 30 heavy (non-hydrogen) atoms. The van der Waals surface area contributed by atoms with Gasteiger partial charge in [0.05, 0.1) is 12.8 Å². The number of benzene rings is 2. The molecule has 2 aromatic carbocycles. The molecule has 3 aromatic rings. The summed E-state index contributed by atoms with van der Waals surface area (Å²) in [5, 5.41) is 4.74. The highest BCUT2D eigenvalue weighted by Crippen LogP contribution is 2.37. The van der Waals surface area contributed by atoms with E-state index in [4.69, 9.17) is 19.3 Å². The first-order valence-corrected chi connectivity index (χ1v) is 10.8. The maximum Gasteiger partial charge on any atom is 0.277 e. The first-order chi connectivity index (χ1) is 14.5. The van der Waals surface area contributed by atoms with Gasteiger partial charge in [0.25, 0.3) is 5.91 Å². The number of ether oxygens (including phenoxy) is 3. The summed E-state index contributed by atoms with van der Waals surface area (Å²) in [6.07, 6.45) is -0.124. The number of anilines is 1. The van der Waals surface area contributed by atoms with Gasteiger partial charge in [0, 0.05) is 21.4 Å². The van der Waals surface area contributed by atoms with E-state index in [1.54, 1.807) is 16.7 Å². The molecule has 0 unspecified atom stereocenters. The van der Waals surface area contributed by atoms with Crippen molar-refractivity contribution in [2.75, 3.05) is 18.6 Å². The highest BCUT2D eigenvalue weighted by Gasteiger charge is 2.39. The summed E-state index contributed by atoms with van der Waals surface area (Å²) in [4.78, 5) is 15.4. The monoisotopic (exact) mass is 517 g/mol. The lowest BCUT2D eigenvalue weighted by Gasteiger charge is -2.33. The van der Waals surface area contributed by atoms with Gasteiger partial charge in [-0.25, -0.2) is 4.68 Å². The van der Waals surface area contributed by atoms with Gasteiger partial charge in [-0.15, -0.1) is 0 Å². The van der Waals surface area contributed by atoms with E-state index in [-0.39, 0.29) is 12.2 Å². The van der Waals surface area contributed by atoms with Gasteiger partial charge in [-0.2, -0.15) is 5.10 Å². The first kappa shape index (κ1) is 19.5. The van der Waals surface area contributed by atoms with Crippen molar-refractivity contribution < 1.29 is 19.0 Å². The highest BCUT2D eigenvalue weighted by atomic mass is 127. The molecule has 2 aliphatic heterocycles. The lowest BCUT2D eigenvalue weighted by atomic mass is 10.0. The van der Waals surface area contributed by atoms with Crippen LogP contribution in [0.15, 0.2) is 48.5 Å². The van der Waals surface area contributed by atoms with Crippen molar-refractivity contribution in [2.24, 2.45) is 0 Å². The number of nitrogens with zero attached hydrogens (tertiary/aromatic N) is 3. The summed E-state index contributed by atoms with van der Waals surface area (Å²) in [5.74, 6) is 0.658. The number of carbonyl (C=O) groups is 1. The first-order valence-electron chi connectivity index (χ1n) is 9.69. The zero-order chi connectivity index (χ0) is 20.8. The molecule has 1 aromatic heterocycles. The van der Waals surface area contributed by atoms with Gasteiger partial charge in [-0.3, -0.25) is 4.79 Å². The van der Waals surface area contributed by atoms with Gasteiger partial charge < -0.3 is 19.1 Å². The molecule has 8 heteroatoms. The molecule has 0 bridgehead atoms. The van der Waals surface area contributed by atoms with Crippen LogP contribution in [0.4, 0.5) is 5.69 Å². The van der Waals surface area contributed by atoms with Crippen molar-refractivity contribution in [3.05, 3.63) is 69.1 Å². The Bertz CT molecular complexity index is 1090. The summed E-state index contributed by atoms with van der Waals surface area (Å²) in [7, 11) is 1.62. The minimum atomic E-state index is -0.536. The molecule has 1 fully saturated rings. The van der Waals surface area contributed by atoms with E-state index in [0.717, 1.165) is 26.3 Å². The molecule has 1 saturated heterocycles. The van der Waals surface area contributed by atoms with Crippen molar-refractivity contribution in [3.63, 3.8) is 0 Å². The van der Waals surface area contributed by atoms with Crippen LogP contribution in [0.3, 0.4) is 0 Å². The van der Waals surface area contributed by atoms with Crippen molar-refractivity contribution in [2.45, 2.75) is 25.9 Å². The Labute approximate surface area is 187 Å². The molecule has 3 heterocycles. The van der Waals surface area contributed by atoms with Crippen LogP contribution < -0.4 is 9.64 Å². The van der Waals surface area contributed by atoms with Crippen molar-refractivity contribution in [3.8, 4) is 11.4 Å². The second kappa shape index (κ2) is 7.68. The normalized spacial score (nSPS) is 20.6. The number of carbonyl (C=O) groups excluding carboxylic acids is 1. The number of hydrogen-bond acceptors (Lipinski definition) is 5. The third-order valence-corrected chi connectivity index (χ3v) is 6.08. The molecule has 0 aliphatic carbocycles. The Morgan fingerprint density at radius 2 is 1.73 bits per heavy atom. The minimum absolute atomic E-state index is 0.0839. The van der Waals surface area contributed by atoms with Crippen LogP contribution in [0.2, 0.25) is 0 Å². The lowest BCUT2D eigenvalue weighted by Crippen LogP contribution is -2.39. The average Bonchev–Trinajstić information content (AvgIpc) is 3.13.